The molecule has 0 spiro atoms. The first kappa shape index (κ1) is 22.3. The third kappa shape index (κ3) is 5.73. The van der Waals surface area contributed by atoms with Gasteiger partial charge in [-0.1, -0.05) is 50.2 Å². The van der Waals surface area contributed by atoms with Crippen molar-refractivity contribution >= 4 is 23.9 Å². The van der Waals surface area contributed by atoms with Crippen LogP contribution in [-0.4, -0.2) is 42.5 Å². The highest BCUT2D eigenvalue weighted by atomic mass is 16.5. The van der Waals surface area contributed by atoms with Gasteiger partial charge in [0, 0.05) is 17.3 Å². The molecule has 3 N–H and O–H groups in total. The SMILES string of the molecule is CC(C)NCCCOC1(C=O)C(=O)Nc2ccccc21.O=C(O)c1ccccc1. The number of aromatic carboxylic acids is 1. The van der Waals surface area contributed by atoms with Crippen LogP contribution in [0.3, 0.4) is 0 Å². The molecule has 7 nitrogen and oxygen atoms in total. The third-order valence-electron chi connectivity index (χ3n) is 4.30. The lowest BCUT2D eigenvalue weighted by Crippen LogP contribution is -2.39. The molecule has 1 unspecified atom stereocenters. The molecule has 0 radical (unpaired) electrons. The molecule has 2 aromatic carbocycles. The number of aldehydes is 1. The summed E-state index contributed by atoms with van der Waals surface area (Å²) in [4.78, 5) is 33.7. The number of fused-ring (bicyclic) bond motifs is 1. The number of hydrogen-bond acceptors (Lipinski definition) is 5. The van der Waals surface area contributed by atoms with E-state index < -0.39 is 17.5 Å². The van der Waals surface area contributed by atoms with E-state index in [0.717, 1.165) is 13.0 Å². The number of benzene rings is 2. The number of amides is 1. The Hall–Kier alpha value is -3.03. The Morgan fingerprint density at radius 1 is 1.17 bits per heavy atom. The zero-order valence-corrected chi connectivity index (χ0v) is 16.6. The number of carbonyl (C=O) groups excluding carboxylic acids is 2. The Kier molecular flexibility index (Phi) is 8.06. The minimum Gasteiger partial charge on any atom is -0.478 e. The van der Waals surface area contributed by atoms with Crippen LogP contribution in [-0.2, 0) is 19.9 Å². The highest BCUT2D eigenvalue weighted by molar-refractivity contribution is 6.14. The summed E-state index contributed by atoms with van der Waals surface area (Å²) in [5.41, 5.74) is 0.0771. The summed E-state index contributed by atoms with van der Waals surface area (Å²) in [6.07, 6.45) is 1.33. The topological polar surface area (TPSA) is 105 Å². The van der Waals surface area contributed by atoms with Crippen molar-refractivity contribution < 1.29 is 24.2 Å². The fourth-order valence-corrected chi connectivity index (χ4v) is 2.82. The van der Waals surface area contributed by atoms with Gasteiger partial charge in [-0.05, 0) is 31.2 Å². The summed E-state index contributed by atoms with van der Waals surface area (Å²) in [5, 5.41) is 14.3. The lowest BCUT2D eigenvalue weighted by molar-refractivity contribution is -0.148. The average Bonchev–Trinajstić information content (AvgIpc) is 3.00. The number of ether oxygens (including phenoxy) is 1. The Morgan fingerprint density at radius 2 is 1.83 bits per heavy atom. The highest BCUT2D eigenvalue weighted by Crippen LogP contribution is 2.37. The van der Waals surface area contributed by atoms with Gasteiger partial charge in [-0.15, -0.1) is 0 Å². The Labute approximate surface area is 170 Å². The highest BCUT2D eigenvalue weighted by Gasteiger charge is 2.48. The maximum atomic E-state index is 12.1. The molecule has 0 fully saturated rings. The van der Waals surface area contributed by atoms with Gasteiger partial charge >= 0.3 is 5.97 Å². The number of carboxylic acids is 1. The third-order valence-corrected chi connectivity index (χ3v) is 4.30. The maximum absolute atomic E-state index is 12.1. The van der Waals surface area contributed by atoms with Crippen LogP contribution in [0.4, 0.5) is 5.69 Å². The molecule has 3 rings (SSSR count). The van der Waals surface area contributed by atoms with E-state index >= 15 is 0 Å². The monoisotopic (exact) mass is 398 g/mol. The summed E-state index contributed by atoms with van der Waals surface area (Å²) in [5.74, 6) is -1.29. The van der Waals surface area contributed by atoms with Crippen molar-refractivity contribution in [3.05, 3.63) is 65.7 Å². The van der Waals surface area contributed by atoms with Crippen LogP contribution in [0.5, 0.6) is 0 Å². The first-order valence-corrected chi connectivity index (χ1v) is 9.43. The molecule has 2 aromatic rings. The summed E-state index contributed by atoms with van der Waals surface area (Å²) >= 11 is 0. The molecule has 7 heteroatoms. The average molecular weight is 398 g/mol. The fraction of sp³-hybridized carbons (Fsp3) is 0.318. The van der Waals surface area contributed by atoms with Gasteiger partial charge < -0.3 is 20.5 Å². The van der Waals surface area contributed by atoms with E-state index in [1.165, 1.54) is 0 Å². The summed E-state index contributed by atoms with van der Waals surface area (Å²) in [6, 6.07) is 15.8. The Bertz CT molecular complexity index is 838. The van der Waals surface area contributed by atoms with Gasteiger partial charge in [0.05, 0.1) is 12.2 Å². The quantitative estimate of drug-likeness (QED) is 0.359. The van der Waals surface area contributed by atoms with E-state index in [9.17, 15) is 14.4 Å². The van der Waals surface area contributed by atoms with Crippen LogP contribution >= 0.6 is 0 Å². The standard InChI is InChI=1S/C15H20N2O3.C7H6O2/c1-11(2)16-8-5-9-20-15(10-18)12-6-3-4-7-13(12)17-14(15)19;8-7(9)6-4-2-1-3-5-6/h3-4,6-7,10-11,16H,5,8-9H2,1-2H3,(H,17,19);1-5H,(H,8,9). The number of carboxylic acid groups (broad SMARTS) is 1. The predicted molar refractivity (Wildman–Crippen MR) is 110 cm³/mol. The van der Waals surface area contributed by atoms with E-state index in [1.807, 2.05) is 6.07 Å². The Morgan fingerprint density at radius 3 is 2.41 bits per heavy atom. The molecule has 0 saturated carbocycles. The minimum atomic E-state index is -1.49. The van der Waals surface area contributed by atoms with Crippen molar-refractivity contribution in [2.24, 2.45) is 0 Å². The van der Waals surface area contributed by atoms with Crippen molar-refractivity contribution in [2.75, 3.05) is 18.5 Å². The van der Waals surface area contributed by atoms with E-state index in [1.54, 1.807) is 48.5 Å². The van der Waals surface area contributed by atoms with Crippen molar-refractivity contribution in [3.63, 3.8) is 0 Å². The molecule has 1 amide bonds. The number of hydrogen-bond donors (Lipinski definition) is 3. The van der Waals surface area contributed by atoms with Crippen LogP contribution in [0, 0.1) is 0 Å². The molecule has 1 heterocycles. The fourth-order valence-electron chi connectivity index (χ4n) is 2.82. The summed E-state index contributed by atoms with van der Waals surface area (Å²) < 4.78 is 5.64. The molecule has 0 saturated heterocycles. The van der Waals surface area contributed by atoms with Gasteiger partial charge in [-0.3, -0.25) is 9.59 Å². The van der Waals surface area contributed by atoms with E-state index in [0.29, 0.717) is 35.7 Å². The van der Waals surface area contributed by atoms with Crippen LogP contribution in [0.1, 0.15) is 36.2 Å². The van der Waals surface area contributed by atoms with E-state index in [4.69, 9.17) is 9.84 Å². The zero-order chi connectivity index (χ0) is 21.3. The second kappa shape index (κ2) is 10.5. The maximum Gasteiger partial charge on any atom is 0.335 e. The molecule has 154 valence electrons. The second-order valence-corrected chi connectivity index (χ2v) is 6.84. The molecule has 1 atom stereocenters. The van der Waals surface area contributed by atoms with Crippen LogP contribution < -0.4 is 10.6 Å². The Balaban J connectivity index is 0.000000278. The largest absolute Gasteiger partial charge is 0.478 e. The molecule has 0 aromatic heterocycles. The predicted octanol–water partition coefficient (Wildman–Crippen LogP) is 2.82. The van der Waals surface area contributed by atoms with Crippen LogP contribution in [0.2, 0.25) is 0 Å². The van der Waals surface area contributed by atoms with Crippen molar-refractivity contribution in [3.8, 4) is 0 Å². The minimum absolute atomic E-state index is 0.331. The normalized spacial score (nSPS) is 17.1. The number of rotatable bonds is 8. The van der Waals surface area contributed by atoms with Gasteiger partial charge in [0.2, 0.25) is 5.60 Å². The molecular weight excluding hydrogens is 372 g/mol. The molecule has 0 bridgehead atoms. The molecule has 1 aliphatic heterocycles. The van der Waals surface area contributed by atoms with Crippen molar-refractivity contribution in [1.29, 1.82) is 0 Å². The van der Waals surface area contributed by atoms with Gasteiger partial charge in [-0.2, -0.15) is 0 Å². The zero-order valence-electron chi connectivity index (χ0n) is 16.6. The van der Waals surface area contributed by atoms with Crippen molar-refractivity contribution in [2.45, 2.75) is 31.9 Å². The van der Waals surface area contributed by atoms with Gasteiger partial charge in [0.15, 0.2) is 6.29 Å². The van der Waals surface area contributed by atoms with Gasteiger partial charge in [0.25, 0.3) is 5.91 Å². The van der Waals surface area contributed by atoms with Gasteiger partial charge in [0.1, 0.15) is 0 Å². The number of carbonyl (C=O) groups is 3. The van der Waals surface area contributed by atoms with Crippen molar-refractivity contribution in [1.82, 2.24) is 5.32 Å². The molecule has 1 aliphatic rings. The molecule has 0 aliphatic carbocycles. The molecule has 29 heavy (non-hydrogen) atoms. The number of anilines is 1. The smallest absolute Gasteiger partial charge is 0.335 e. The lowest BCUT2D eigenvalue weighted by atomic mass is 9.97. The number of para-hydroxylation sites is 1. The second-order valence-electron chi connectivity index (χ2n) is 6.84. The first-order valence-electron chi connectivity index (χ1n) is 9.43. The lowest BCUT2D eigenvalue weighted by Gasteiger charge is -2.21. The summed E-state index contributed by atoms with van der Waals surface area (Å²) in [7, 11) is 0. The van der Waals surface area contributed by atoms with Gasteiger partial charge in [-0.25, -0.2) is 4.79 Å². The number of nitrogens with one attached hydrogen (secondary N) is 2. The van der Waals surface area contributed by atoms with Crippen LogP contribution in [0.15, 0.2) is 54.6 Å². The first-order chi connectivity index (χ1) is 13.9. The van der Waals surface area contributed by atoms with E-state index in [-0.39, 0.29) is 0 Å². The summed E-state index contributed by atoms with van der Waals surface area (Å²) in [6.45, 7) is 5.26. The van der Waals surface area contributed by atoms with Crippen LogP contribution in [0.25, 0.3) is 0 Å². The van der Waals surface area contributed by atoms with E-state index in [2.05, 4.69) is 24.5 Å². The molecular formula is C22H26N2O5.